The molecule has 4 heteroatoms. The maximum absolute atomic E-state index is 6.32. The molecule has 0 unspecified atom stereocenters. The minimum absolute atomic E-state index is 0.512. The molecule has 0 fully saturated rings. The lowest BCUT2D eigenvalue weighted by Crippen LogP contribution is -1.98. The third-order valence-electron chi connectivity index (χ3n) is 3.88. The molecule has 0 aromatic heterocycles. The van der Waals surface area contributed by atoms with Crippen LogP contribution in [0.3, 0.4) is 0 Å². The van der Waals surface area contributed by atoms with Crippen molar-refractivity contribution in [1.82, 2.24) is 0 Å². The molecule has 0 saturated heterocycles. The van der Waals surface area contributed by atoms with Crippen LogP contribution in [-0.4, -0.2) is 6.61 Å². The smallest absolute Gasteiger partial charge is 0.133 e. The lowest BCUT2D eigenvalue weighted by Gasteiger charge is -2.14. The van der Waals surface area contributed by atoms with E-state index in [1.165, 1.54) is 0 Å². The summed E-state index contributed by atoms with van der Waals surface area (Å²) in [5.74, 6) is 1.64. The Morgan fingerprint density at radius 2 is 1.81 bits per heavy atom. The molecule has 3 aromatic carbocycles. The van der Waals surface area contributed by atoms with Gasteiger partial charge >= 0.3 is 0 Å². The van der Waals surface area contributed by atoms with E-state index in [4.69, 9.17) is 21.1 Å². The molecule has 2 nitrogen and oxygen atoms in total. The Hall–Kier alpha value is -2.36. The zero-order valence-electron chi connectivity index (χ0n) is 15.2. The number of rotatable bonds is 8. The van der Waals surface area contributed by atoms with Gasteiger partial charge in [-0.05, 0) is 48.4 Å². The predicted octanol–water partition coefficient (Wildman–Crippen LogP) is 7.11. The molecular formula is C23H21ClO2S. The molecular weight excluding hydrogens is 376 g/mol. The van der Waals surface area contributed by atoms with Crippen molar-refractivity contribution in [3.63, 3.8) is 0 Å². The van der Waals surface area contributed by atoms with Gasteiger partial charge in [-0.25, -0.2) is 0 Å². The number of hydrogen-bond donors (Lipinski definition) is 0. The maximum Gasteiger partial charge on any atom is 0.133 e. The van der Waals surface area contributed by atoms with Gasteiger partial charge in [0.2, 0.25) is 0 Å². The predicted molar refractivity (Wildman–Crippen MR) is 114 cm³/mol. The van der Waals surface area contributed by atoms with E-state index in [1.54, 1.807) is 17.8 Å². The molecule has 0 atom stereocenters. The standard InChI is InChI=1S/C23H21ClO2S/c1-3-18-10-12-20(15-21(18)24)27-23-14-19(25-4-2)11-13-22(23)26-16-17-8-6-5-7-9-17/h3,5-15H,1,4,16H2,2H3. The molecule has 0 bridgehead atoms. The van der Waals surface area contributed by atoms with E-state index in [2.05, 4.69) is 18.7 Å². The van der Waals surface area contributed by atoms with Crippen molar-refractivity contribution in [2.75, 3.05) is 6.61 Å². The van der Waals surface area contributed by atoms with Gasteiger partial charge in [0.05, 0.1) is 11.5 Å². The van der Waals surface area contributed by atoms with Crippen LogP contribution in [0.25, 0.3) is 6.08 Å². The highest BCUT2D eigenvalue weighted by Crippen LogP contribution is 2.39. The van der Waals surface area contributed by atoms with E-state index in [-0.39, 0.29) is 0 Å². The molecule has 27 heavy (non-hydrogen) atoms. The summed E-state index contributed by atoms with van der Waals surface area (Å²) in [6, 6.07) is 21.9. The highest BCUT2D eigenvalue weighted by Gasteiger charge is 2.10. The first-order valence-electron chi connectivity index (χ1n) is 8.73. The zero-order chi connectivity index (χ0) is 19.1. The minimum atomic E-state index is 0.512. The van der Waals surface area contributed by atoms with E-state index < -0.39 is 0 Å². The van der Waals surface area contributed by atoms with E-state index >= 15 is 0 Å². The molecule has 0 aliphatic carbocycles. The monoisotopic (exact) mass is 396 g/mol. The Kier molecular flexibility index (Phi) is 6.86. The zero-order valence-corrected chi connectivity index (χ0v) is 16.7. The summed E-state index contributed by atoms with van der Waals surface area (Å²) in [6.07, 6.45) is 1.75. The Balaban J connectivity index is 1.84. The Bertz CT molecular complexity index is 910. The SMILES string of the molecule is C=Cc1ccc(Sc2cc(OCC)ccc2OCc2ccccc2)cc1Cl. The van der Waals surface area contributed by atoms with Crippen LogP contribution in [0.4, 0.5) is 0 Å². The lowest BCUT2D eigenvalue weighted by atomic mass is 10.2. The molecule has 0 aliphatic rings. The Morgan fingerprint density at radius 1 is 1.00 bits per heavy atom. The fraction of sp³-hybridized carbons (Fsp3) is 0.130. The van der Waals surface area contributed by atoms with Crippen LogP contribution >= 0.6 is 23.4 Å². The van der Waals surface area contributed by atoms with E-state index in [0.29, 0.717) is 18.2 Å². The van der Waals surface area contributed by atoms with Crippen molar-refractivity contribution < 1.29 is 9.47 Å². The normalized spacial score (nSPS) is 10.4. The van der Waals surface area contributed by atoms with Gasteiger partial charge in [0, 0.05) is 9.92 Å². The molecule has 3 rings (SSSR count). The summed E-state index contributed by atoms with van der Waals surface area (Å²) in [7, 11) is 0. The van der Waals surface area contributed by atoms with Crippen molar-refractivity contribution >= 4 is 29.4 Å². The second-order valence-corrected chi connectivity index (χ2v) is 7.33. The van der Waals surface area contributed by atoms with E-state index in [1.807, 2.05) is 61.5 Å². The molecule has 0 heterocycles. The van der Waals surface area contributed by atoms with Gasteiger partial charge in [-0.3, -0.25) is 0 Å². The minimum Gasteiger partial charge on any atom is -0.494 e. The second kappa shape index (κ2) is 9.54. The van der Waals surface area contributed by atoms with E-state index in [0.717, 1.165) is 32.4 Å². The van der Waals surface area contributed by atoms with Crippen LogP contribution in [0.1, 0.15) is 18.1 Å². The number of hydrogen-bond acceptors (Lipinski definition) is 3. The number of ether oxygens (including phenoxy) is 2. The number of benzene rings is 3. The first-order valence-corrected chi connectivity index (χ1v) is 9.92. The topological polar surface area (TPSA) is 18.5 Å². The maximum atomic E-state index is 6.32. The molecule has 0 radical (unpaired) electrons. The van der Waals surface area contributed by atoms with Crippen molar-refractivity contribution in [2.24, 2.45) is 0 Å². The van der Waals surface area contributed by atoms with Crippen molar-refractivity contribution in [2.45, 2.75) is 23.3 Å². The second-order valence-electron chi connectivity index (χ2n) is 5.81. The van der Waals surface area contributed by atoms with Gasteiger partial charge < -0.3 is 9.47 Å². The average molecular weight is 397 g/mol. The molecule has 0 N–H and O–H groups in total. The Morgan fingerprint density at radius 3 is 2.52 bits per heavy atom. The third-order valence-corrected chi connectivity index (χ3v) is 5.24. The first kappa shape index (κ1) is 19.4. The van der Waals surface area contributed by atoms with Crippen LogP contribution in [0, 0.1) is 0 Å². The van der Waals surface area contributed by atoms with Crippen LogP contribution in [0.2, 0.25) is 5.02 Å². The van der Waals surface area contributed by atoms with Gasteiger partial charge in [-0.2, -0.15) is 0 Å². The van der Waals surface area contributed by atoms with Crippen molar-refractivity contribution in [3.05, 3.63) is 89.5 Å². The van der Waals surface area contributed by atoms with Gasteiger partial charge in [-0.15, -0.1) is 0 Å². The van der Waals surface area contributed by atoms with Crippen LogP contribution in [0.15, 0.2) is 83.1 Å². The van der Waals surface area contributed by atoms with Crippen LogP contribution in [0.5, 0.6) is 11.5 Å². The van der Waals surface area contributed by atoms with Crippen LogP contribution < -0.4 is 9.47 Å². The van der Waals surface area contributed by atoms with Crippen LogP contribution in [-0.2, 0) is 6.61 Å². The molecule has 138 valence electrons. The van der Waals surface area contributed by atoms with Crippen molar-refractivity contribution in [1.29, 1.82) is 0 Å². The summed E-state index contributed by atoms with van der Waals surface area (Å²) < 4.78 is 11.7. The summed E-state index contributed by atoms with van der Waals surface area (Å²) in [6.45, 7) is 6.88. The summed E-state index contributed by atoms with van der Waals surface area (Å²) in [5.41, 5.74) is 2.05. The van der Waals surface area contributed by atoms with Gasteiger partial charge in [0.1, 0.15) is 18.1 Å². The quantitative estimate of drug-likeness (QED) is 0.404. The molecule has 0 aliphatic heterocycles. The van der Waals surface area contributed by atoms with Gasteiger partial charge in [0.15, 0.2) is 0 Å². The molecule has 0 amide bonds. The van der Waals surface area contributed by atoms with Gasteiger partial charge in [0.25, 0.3) is 0 Å². The fourth-order valence-electron chi connectivity index (χ4n) is 2.54. The largest absolute Gasteiger partial charge is 0.494 e. The molecule has 0 spiro atoms. The molecule has 0 saturated carbocycles. The summed E-state index contributed by atoms with van der Waals surface area (Å²) in [5, 5.41) is 0.683. The number of halogens is 1. The third kappa shape index (κ3) is 5.31. The van der Waals surface area contributed by atoms with Crippen molar-refractivity contribution in [3.8, 4) is 11.5 Å². The summed E-state index contributed by atoms with van der Waals surface area (Å²) in [4.78, 5) is 2.02. The molecule has 3 aromatic rings. The highest BCUT2D eigenvalue weighted by molar-refractivity contribution is 7.99. The lowest BCUT2D eigenvalue weighted by molar-refractivity contribution is 0.296. The highest BCUT2D eigenvalue weighted by atomic mass is 35.5. The average Bonchev–Trinajstić information content (AvgIpc) is 2.69. The fourth-order valence-corrected chi connectivity index (χ4v) is 3.83. The first-order chi connectivity index (χ1) is 13.2. The van der Waals surface area contributed by atoms with E-state index in [9.17, 15) is 0 Å². The van der Waals surface area contributed by atoms with Gasteiger partial charge in [-0.1, -0.05) is 72.4 Å². The summed E-state index contributed by atoms with van der Waals surface area (Å²) >= 11 is 7.92. The Labute approximate surface area is 169 Å².